The Morgan fingerprint density at radius 2 is 2.25 bits per heavy atom. The van der Waals surface area contributed by atoms with Crippen LogP contribution in [0.25, 0.3) is 0 Å². The molecule has 7 heteroatoms. The molecule has 0 aliphatic heterocycles. The van der Waals surface area contributed by atoms with E-state index >= 15 is 0 Å². The second kappa shape index (κ2) is 4.91. The second-order valence-electron chi connectivity index (χ2n) is 4.54. The molecule has 1 aromatic heterocycles. The summed E-state index contributed by atoms with van der Waals surface area (Å²) in [5, 5.41) is 13.8. The van der Waals surface area contributed by atoms with Crippen LogP contribution in [0.2, 0.25) is 0 Å². The zero-order chi connectivity index (χ0) is 12.2. The first-order chi connectivity index (χ1) is 7.37. The number of hydrogen-bond acceptors (Lipinski definition) is 5. The SMILES string of the molecule is CC(Cn1ncnn1)NC(=O)OC(C)(C)C. The van der Waals surface area contributed by atoms with E-state index in [1.165, 1.54) is 11.1 Å². The monoisotopic (exact) mass is 227 g/mol. The molecule has 16 heavy (non-hydrogen) atoms. The fourth-order valence-corrected chi connectivity index (χ4v) is 1.07. The first-order valence-corrected chi connectivity index (χ1v) is 5.07. The Morgan fingerprint density at radius 3 is 2.75 bits per heavy atom. The summed E-state index contributed by atoms with van der Waals surface area (Å²) >= 11 is 0. The van der Waals surface area contributed by atoms with Gasteiger partial charge in [0, 0.05) is 0 Å². The van der Waals surface area contributed by atoms with E-state index in [9.17, 15) is 4.79 Å². The topological polar surface area (TPSA) is 81.9 Å². The summed E-state index contributed by atoms with van der Waals surface area (Å²) in [6, 6.07) is -0.121. The van der Waals surface area contributed by atoms with Gasteiger partial charge in [0.05, 0.1) is 12.6 Å². The quantitative estimate of drug-likeness (QED) is 0.817. The van der Waals surface area contributed by atoms with E-state index in [0.717, 1.165) is 0 Å². The Morgan fingerprint density at radius 1 is 1.56 bits per heavy atom. The summed E-state index contributed by atoms with van der Waals surface area (Å²) in [6.45, 7) is 7.75. The third kappa shape index (κ3) is 4.72. The Labute approximate surface area is 94.2 Å². The third-order valence-corrected chi connectivity index (χ3v) is 1.59. The average molecular weight is 227 g/mol. The van der Waals surface area contributed by atoms with E-state index < -0.39 is 11.7 Å². The summed E-state index contributed by atoms with van der Waals surface area (Å²) in [5.41, 5.74) is -0.491. The molecule has 1 unspecified atom stereocenters. The van der Waals surface area contributed by atoms with Crippen molar-refractivity contribution in [3.63, 3.8) is 0 Å². The molecule has 1 aromatic rings. The van der Waals surface area contributed by atoms with Crippen LogP contribution >= 0.6 is 0 Å². The Bertz CT molecular complexity index is 330. The molecule has 0 saturated carbocycles. The molecule has 0 fully saturated rings. The number of carbonyl (C=O) groups excluding carboxylic acids is 1. The Kier molecular flexibility index (Phi) is 3.81. The average Bonchev–Trinajstić information content (AvgIpc) is 2.51. The van der Waals surface area contributed by atoms with Crippen molar-refractivity contribution in [3.8, 4) is 0 Å². The van der Waals surface area contributed by atoms with Gasteiger partial charge in [-0.2, -0.15) is 4.80 Å². The van der Waals surface area contributed by atoms with Gasteiger partial charge in [-0.05, 0) is 32.9 Å². The number of amides is 1. The highest BCUT2D eigenvalue weighted by Crippen LogP contribution is 2.06. The maximum Gasteiger partial charge on any atom is 0.407 e. The predicted molar refractivity (Wildman–Crippen MR) is 56.6 cm³/mol. The molecule has 1 N–H and O–H groups in total. The zero-order valence-electron chi connectivity index (χ0n) is 9.97. The van der Waals surface area contributed by atoms with Gasteiger partial charge in [0.1, 0.15) is 5.60 Å². The summed E-state index contributed by atoms with van der Waals surface area (Å²) in [7, 11) is 0. The number of nitrogens with one attached hydrogen (secondary N) is 1. The fourth-order valence-electron chi connectivity index (χ4n) is 1.07. The van der Waals surface area contributed by atoms with Crippen LogP contribution in [0.3, 0.4) is 0 Å². The van der Waals surface area contributed by atoms with Crippen LogP contribution in [0.4, 0.5) is 4.79 Å². The van der Waals surface area contributed by atoms with E-state index in [1.807, 2.05) is 27.7 Å². The first-order valence-electron chi connectivity index (χ1n) is 5.07. The van der Waals surface area contributed by atoms with Gasteiger partial charge in [-0.15, -0.1) is 10.2 Å². The van der Waals surface area contributed by atoms with Gasteiger partial charge in [-0.25, -0.2) is 4.79 Å². The van der Waals surface area contributed by atoms with Gasteiger partial charge < -0.3 is 10.1 Å². The van der Waals surface area contributed by atoms with Crippen LogP contribution in [-0.4, -0.2) is 37.9 Å². The maximum absolute atomic E-state index is 11.4. The lowest BCUT2D eigenvalue weighted by Gasteiger charge is -2.21. The van der Waals surface area contributed by atoms with Gasteiger partial charge >= 0.3 is 6.09 Å². The number of tetrazole rings is 1. The number of hydrogen-bond donors (Lipinski definition) is 1. The summed E-state index contributed by atoms with van der Waals surface area (Å²) in [4.78, 5) is 12.8. The van der Waals surface area contributed by atoms with Gasteiger partial charge in [0.15, 0.2) is 6.33 Å². The van der Waals surface area contributed by atoms with Crippen molar-refractivity contribution in [2.75, 3.05) is 0 Å². The normalized spacial score (nSPS) is 13.2. The minimum absolute atomic E-state index is 0.121. The molecule has 0 saturated heterocycles. The van der Waals surface area contributed by atoms with Crippen LogP contribution in [0.1, 0.15) is 27.7 Å². The molecule has 1 rings (SSSR count). The molecule has 90 valence electrons. The van der Waals surface area contributed by atoms with E-state index in [2.05, 4.69) is 20.7 Å². The highest BCUT2D eigenvalue weighted by atomic mass is 16.6. The molecule has 7 nitrogen and oxygen atoms in total. The van der Waals surface area contributed by atoms with E-state index in [4.69, 9.17) is 4.74 Å². The standard InChI is InChI=1S/C9H17N5O2/c1-7(5-14-11-6-10-13-14)12-8(15)16-9(2,3)4/h6-7H,5H2,1-4H3,(H,12,15). The summed E-state index contributed by atoms with van der Waals surface area (Å²) in [6.07, 6.45) is 0.903. The molecular weight excluding hydrogens is 210 g/mol. The zero-order valence-corrected chi connectivity index (χ0v) is 9.97. The van der Waals surface area contributed by atoms with Crippen molar-refractivity contribution in [1.82, 2.24) is 25.5 Å². The van der Waals surface area contributed by atoms with Crippen molar-refractivity contribution in [1.29, 1.82) is 0 Å². The lowest BCUT2D eigenvalue weighted by atomic mass is 10.2. The molecule has 0 aromatic carbocycles. The maximum atomic E-state index is 11.4. The van der Waals surface area contributed by atoms with Gasteiger partial charge in [-0.1, -0.05) is 0 Å². The van der Waals surface area contributed by atoms with Gasteiger partial charge in [0.2, 0.25) is 0 Å². The van der Waals surface area contributed by atoms with Crippen molar-refractivity contribution >= 4 is 6.09 Å². The molecule has 1 heterocycles. The second-order valence-corrected chi connectivity index (χ2v) is 4.54. The first kappa shape index (κ1) is 12.4. The van der Waals surface area contributed by atoms with Crippen LogP contribution in [-0.2, 0) is 11.3 Å². The fraction of sp³-hybridized carbons (Fsp3) is 0.778. The van der Waals surface area contributed by atoms with Gasteiger partial charge in [-0.3, -0.25) is 0 Å². The molecule has 1 amide bonds. The number of nitrogens with zero attached hydrogens (tertiary/aromatic N) is 4. The lowest BCUT2D eigenvalue weighted by molar-refractivity contribution is 0.0502. The molecule has 0 aliphatic carbocycles. The van der Waals surface area contributed by atoms with Crippen molar-refractivity contribution < 1.29 is 9.53 Å². The van der Waals surface area contributed by atoms with Crippen LogP contribution in [0.5, 0.6) is 0 Å². The van der Waals surface area contributed by atoms with Crippen molar-refractivity contribution in [2.45, 2.75) is 45.9 Å². The molecular formula is C9H17N5O2. The molecule has 0 spiro atoms. The largest absolute Gasteiger partial charge is 0.444 e. The number of alkyl carbamates (subject to hydrolysis) is 1. The minimum atomic E-state index is -0.491. The van der Waals surface area contributed by atoms with Gasteiger partial charge in [0.25, 0.3) is 0 Å². The summed E-state index contributed by atoms with van der Waals surface area (Å²) in [5.74, 6) is 0. The number of aromatic nitrogens is 4. The summed E-state index contributed by atoms with van der Waals surface area (Å²) < 4.78 is 5.11. The smallest absolute Gasteiger partial charge is 0.407 e. The number of ether oxygens (including phenoxy) is 1. The van der Waals surface area contributed by atoms with E-state index in [0.29, 0.717) is 6.54 Å². The third-order valence-electron chi connectivity index (χ3n) is 1.59. The molecule has 1 atom stereocenters. The molecule has 0 bridgehead atoms. The predicted octanol–water partition coefficient (Wildman–Crippen LogP) is 0.586. The van der Waals surface area contributed by atoms with Crippen LogP contribution in [0.15, 0.2) is 6.33 Å². The Hall–Kier alpha value is -1.66. The Balaban J connectivity index is 2.34. The number of rotatable bonds is 3. The highest BCUT2D eigenvalue weighted by Gasteiger charge is 2.17. The molecule has 0 aliphatic rings. The van der Waals surface area contributed by atoms with Crippen LogP contribution < -0.4 is 5.32 Å². The molecule has 0 radical (unpaired) electrons. The van der Waals surface area contributed by atoms with Crippen molar-refractivity contribution in [3.05, 3.63) is 6.33 Å². The van der Waals surface area contributed by atoms with E-state index in [-0.39, 0.29) is 6.04 Å². The van der Waals surface area contributed by atoms with Crippen LogP contribution in [0, 0.1) is 0 Å². The lowest BCUT2D eigenvalue weighted by Crippen LogP contribution is -2.39. The van der Waals surface area contributed by atoms with E-state index in [1.54, 1.807) is 0 Å². The minimum Gasteiger partial charge on any atom is -0.444 e. The van der Waals surface area contributed by atoms with Crippen molar-refractivity contribution in [2.24, 2.45) is 0 Å². The highest BCUT2D eigenvalue weighted by molar-refractivity contribution is 5.67. The number of carbonyl (C=O) groups is 1.